The minimum atomic E-state index is -0.0765. The molecule has 0 aliphatic carbocycles. The summed E-state index contributed by atoms with van der Waals surface area (Å²) >= 11 is 5.10. The molecule has 0 saturated carbocycles. The second-order valence-electron chi connectivity index (χ2n) is 5.19. The first-order valence-electron chi connectivity index (χ1n) is 6.38. The molecule has 1 aromatic rings. The van der Waals surface area contributed by atoms with Crippen molar-refractivity contribution in [2.75, 3.05) is 13.1 Å². The molecule has 0 bridgehead atoms. The lowest BCUT2D eigenvalue weighted by Gasteiger charge is -2.27. The second kappa shape index (κ2) is 6.81. The first kappa shape index (κ1) is 15.1. The second-order valence-corrected chi connectivity index (χ2v) is 5.63. The van der Waals surface area contributed by atoms with E-state index < -0.39 is 0 Å². The van der Waals surface area contributed by atoms with Gasteiger partial charge in [-0.1, -0.05) is 39.1 Å². The lowest BCUT2D eigenvalue weighted by atomic mass is 9.89. The van der Waals surface area contributed by atoms with Gasteiger partial charge in [0.15, 0.2) is 0 Å². The van der Waals surface area contributed by atoms with Crippen molar-refractivity contribution in [1.82, 2.24) is 9.88 Å². The maximum Gasteiger partial charge on any atom is 0.0784 e. The highest BCUT2D eigenvalue weighted by Crippen LogP contribution is 2.21. The van der Waals surface area contributed by atoms with Crippen LogP contribution in [0.3, 0.4) is 0 Å². The Balaban J connectivity index is 2.51. The van der Waals surface area contributed by atoms with Crippen molar-refractivity contribution in [3.8, 4) is 0 Å². The molecule has 2 N–H and O–H groups in total. The summed E-state index contributed by atoms with van der Waals surface area (Å²) in [5.41, 5.74) is 6.78. The van der Waals surface area contributed by atoms with Gasteiger partial charge in [-0.2, -0.15) is 0 Å². The number of thiocarbonyl (C=S) groups is 1. The van der Waals surface area contributed by atoms with E-state index in [1.165, 1.54) is 0 Å². The fourth-order valence-corrected chi connectivity index (χ4v) is 1.73. The molecule has 0 atom stereocenters. The average molecular weight is 265 g/mol. The third-order valence-corrected chi connectivity index (χ3v) is 3.83. The highest BCUT2D eigenvalue weighted by Gasteiger charge is 2.22. The molecule has 0 radical (unpaired) electrons. The van der Waals surface area contributed by atoms with Crippen LogP contribution in [-0.2, 0) is 6.54 Å². The van der Waals surface area contributed by atoms with Gasteiger partial charge in [-0.3, -0.25) is 9.88 Å². The van der Waals surface area contributed by atoms with E-state index in [4.69, 9.17) is 18.0 Å². The highest BCUT2D eigenvalue weighted by molar-refractivity contribution is 7.80. The Morgan fingerprint density at radius 1 is 1.44 bits per heavy atom. The monoisotopic (exact) mass is 265 g/mol. The molecule has 0 aromatic carbocycles. The molecule has 1 rings (SSSR count). The molecule has 100 valence electrons. The van der Waals surface area contributed by atoms with E-state index in [9.17, 15) is 0 Å². The maximum atomic E-state index is 5.75. The lowest BCUT2D eigenvalue weighted by Crippen LogP contribution is -2.34. The minimum absolute atomic E-state index is 0.0765. The van der Waals surface area contributed by atoms with Crippen LogP contribution in [0.1, 0.15) is 32.9 Å². The summed E-state index contributed by atoms with van der Waals surface area (Å²) in [6.07, 6.45) is 2.81. The van der Waals surface area contributed by atoms with Crippen LogP contribution in [0.2, 0.25) is 0 Å². The molecule has 3 nitrogen and oxygen atoms in total. The fourth-order valence-electron chi connectivity index (χ4n) is 1.63. The molecular weight excluding hydrogens is 242 g/mol. The van der Waals surface area contributed by atoms with Gasteiger partial charge >= 0.3 is 0 Å². The van der Waals surface area contributed by atoms with E-state index in [1.807, 2.05) is 18.3 Å². The van der Waals surface area contributed by atoms with E-state index in [1.54, 1.807) is 0 Å². The summed E-state index contributed by atoms with van der Waals surface area (Å²) in [7, 11) is 0. The molecule has 0 aliphatic rings. The van der Waals surface area contributed by atoms with E-state index in [0.29, 0.717) is 4.99 Å². The van der Waals surface area contributed by atoms with Crippen molar-refractivity contribution in [2.45, 2.75) is 33.7 Å². The summed E-state index contributed by atoms with van der Waals surface area (Å²) in [6.45, 7) is 9.23. The fraction of sp³-hybridized carbons (Fsp3) is 0.571. The van der Waals surface area contributed by atoms with Gasteiger partial charge in [-0.15, -0.1) is 0 Å². The highest BCUT2D eigenvalue weighted by atomic mass is 32.1. The van der Waals surface area contributed by atoms with Crippen LogP contribution in [0, 0.1) is 5.41 Å². The van der Waals surface area contributed by atoms with Gasteiger partial charge in [0.05, 0.1) is 10.7 Å². The average Bonchev–Trinajstić information content (AvgIpc) is 2.35. The zero-order chi connectivity index (χ0) is 13.6. The zero-order valence-corrected chi connectivity index (χ0v) is 12.3. The smallest absolute Gasteiger partial charge is 0.0784 e. The molecule has 0 amide bonds. The first-order valence-corrected chi connectivity index (χ1v) is 6.78. The predicted octanol–water partition coefficient (Wildman–Crippen LogP) is 2.61. The van der Waals surface area contributed by atoms with Crippen LogP contribution in [0.25, 0.3) is 0 Å². The zero-order valence-electron chi connectivity index (χ0n) is 11.5. The van der Waals surface area contributed by atoms with Gasteiger partial charge in [-0.05, 0) is 31.6 Å². The van der Waals surface area contributed by atoms with Crippen molar-refractivity contribution in [3.05, 3.63) is 30.1 Å². The molecule has 0 saturated heterocycles. The summed E-state index contributed by atoms with van der Waals surface area (Å²) in [5, 5.41) is 0. The summed E-state index contributed by atoms with van der Waals surface area (Å²) in [4.78, 5) is 7.31. The Bertz CT molecular complexity index is 376. The van der Waals surface area contributed by atoms with Crippen LogP contribution in [0.15, 0.2) is 24.4 Å². The minimum Gasteiger partial charge on any atom is -0.393 e. The topological polar surface area (TPSA) is 42.1 Å². The Labute approximate surface area is 115 Å². The normalized spacial score (nSPS) is 11.8. The van der Waals surface area contributed by atoms with Gasteiger partial charge < -0.3 is 5.73 Å². The summed E-state index contributed by atoms with van der Waals surface area (Å²) < 4.78 is 0. The van der Waals surface area contributed by atoms with Crippen LogP contribution < -0.4 is 5.73 Å². The number of nitrogens with two attached hydrogens (primary N) is 1. The number of pyridine rings is 1. The SMILES string of the molecule is CCN(CCC(C)(C)C(N)=S)Cc1ccccn1. The molecule has 18 heavy (non-hydrogen) atoms. The maximum absolute atomic E-state index is 5.75. The molecule has 1 heterocycles. The van der Waals surface area contributed by atoms with Crippen molar-refractivity contribution in [3.63, 3.8) is 0 Å². The van der Waals surface area contributed by atoms with Crippen LogP contribution >= 0.6 is 12.2 Å². The van der Waals surface area contributed by atoms with Crippen molar-refractivity contribution >= 4 is 17.2 Å². The first-order chi connectivity index (χ1) is 8.45. The lowest BCUT2D eigenvalue weighted by molar-refractivity contribution is 0.247. The van der Waals surface area contributed by atoms with Crippen LogP contribution in [-0.4, -0.2) is 28.0 Å². The van der Waals surface area contributed by atoms with E-state index in [2.05, 4.69) is 36.7 Å². The molecule has 0 aliphatic heterocycles. The molecule has 4 heteroatoms. The molecule has 1 aromatic heterocycles. The van der Waals surface area contributed by atoms with Gasteiger partial charge in [0.2, 0.25) is 0 Å². The van der Waals surface area contributed by atoms with E-state index in [0.717, 1.165) is 31.7 Å². The Morgan fingerprint density at radius 2 is 2.17 bits per heavy atom. The van der Waals surface area contributed by atoms with Gasteiger partial charge in [0.1, 0.15) is 0 Å². The van der Waals surface area contributed by atoms with Gasteiger partial charge in [0.25, 0.3) is 0 Å². The van der Waals surface area contributed by atoms with Gasteiger partial charge in [0, 0.05) is 18.2 Å². The van der Waals surface area contributed by atoms with E-state index >= 15 is 0 Å². The van der Waals surface area contributed by atoms with Crippen molar-refractivity contribution in [1.29, 1.82) is 0 Å². The quantitative estimate of drug-likeness (QED) is 0.770. The number of aromatic nitrogens is 1. The standard InChI is InChI=1S/C14H23N3S/c1-4-17(10-8-14(2,3)13(15)18)11-12-7-5-6-9-16-12/h5-7,9H,4,8,10-11H2,1-3H3,(H2,15,18). The molecule has 0 spiro atoms. The van der Waals surface area contributed by atoms with Crippen molar-refractivity contribution in [2.24, 2.45) is 11.1 Å². The molecule has 0 fully saturated rings. The van der Waals surface area contributed by atoms with E-state index in [-0.39, 0.29) is 5.41 Å². The van der Waals surface area contributed by atoms with Crippen LogP contribution in [0.5, 0.6) is 0 Å². The molecule has 0 unspecified atom stereocenters. The van der Waals surface area contributed by atoms with Gasteiger partial charge in [-0.25, -0.2) is 0 Å². The summed E-state index contributed by atoms with van der Waals surface area (Å²) in [6, 6.07) is 6.02. The third-order valence-electron chi connectivity index (χ3n) is 3.28. The van der Waals surface area contributed by atoms with Crippen molar-refractivity contribution < 1.29 is 0 Å². The summed E-state index contributed by atoms with van der Waals surface area (Å²) in [5.74, 6) is 0. The number of hydrogen-bond donors (Lipinski definition) is 1. The Hall–Kier alpha value is -1.00. The third kappa shape index (κ3) is 4.70. The number of rotatable bonds is 7. The largest absolute Gasteiger partial charge is 0.393 e. The predicted molar refractivity (Wildman–Crippen MR) is 80.4 cm³/mol. The Kier molecular flexibility index (Phi) is 5.69. The van der Waals surface area contributed by atoms with Crippen LogP contribution in [0.4, 0.5) is 0 Å². The Morgan fingerprint density at radius 3 is 2.67 bits per heavy atom. The number of nitrogens with zero attached hydrogens (tertiary/aromatic N) is 2. The molecular formula is C14H23N3S. The number of hydrogen-bond acceptors (Lipinski definition) is 3.